The average molecular weight is 257 g/mol. The van der Waals surface area contributed by atoms with Crippen LogP contribution in [0.4, 0.5) is 0 Å². The molecular formula is C17H23NO. The summed E-state index contributed by atoms with van der Waals surface area (Å²) in [5, 5.41) is 21.1. The second-order valence-electron chi connectivity index (χ2n) is 5.96. The standard InChI is InChI=1S/C17H23NO/c1-4-17(19,13(2)3)16(12-18)11-7-9-14-8-5-6-10-15(14)16/h5-6,8,10,13,19H,4,7,9,11H2,1-3H3. The minimum Gasteiger partial charge on any atom is -0.388 e. The summed E-state index contributed by atoms with van der Waals surface area (Å²) >= 11 is 0. The number of rotatable bonds is 3. The molecule has 1 N–H and O–H groups in total. The summed E-state index contributed by atoms with van der Waals surface area (Å²) in [5.74, 6) is 0.0586. The summed E-state index contributed by atoms with van der Waals surface area (Å²) in [5.41, 5.74) is 0.549. The molecule has 0 fully saturated rings. The first-order valence-electron chi connectivity index (χ1n) is 7.24. The molecule has 1 aliphatic rings. The van der Waals surface area contributed by atoms with E-state index in [9.17, 15) is 10.4 Å². The topological polar surface area (TPSA) is 44.0 Å². The second-order valence-corrected chi connectivity index (χ2v) is 5.96. The van der Waals surface area contributed by atoms with Gasteiger partial charge >= 0.3 is 0 Å². The van der Waals surface area contributed by atoms with Crippen molar-refractivity contribution < 1.29 is 5.11 Å². The molecule has 1 aromatic rings. The third kappa shape index (κ3) is 1.88. The lowest BCUT2D eigenvalue weighted by molar-refractivity contribution is -0.0664. The van der Waals surface area contributed by atoms with E-state index in [4.69, 9.17) is 0 Å². The van der Waals surface area contributed by atoms with Gasteiger partial charge in [-0.3, -0.25) is 0 Å². The molecule has 0 aliphatic heterocycles. The predicted molar refractivity (Wildman–Crippen MR) is 76.7 cm³/mol. The minimum atomic E-state index is -0.960. The molecule has 2 atom stereocenters. The maximum Gasteiger partial charge on any atom is 0.111 e. The summed E-state index contributed by atoms with van der Waals surface area (Å²) in [7, 11) is 0. The lowest BCUT2D eigenvalue weighted by Gasteiger charge is -2.48. The first-order chi connectivity index (χ1) is 9.02. The maximum absolute atomic E-state index is 11.2. The molecule has 0 bridgehead atoms. The molecule has 0 aromatic heterocycles. The Bertz CT molecular complexity index is 502. The molecule has 102 valence electrons. The van der Waals surface area contributed by atoms with E-state index in [0.29, 0.717) is 6.42 Å². The van der Waals surface area contributed by atoms with Gasteiger partial charge in [0, 0.05) is 0 Å². The van der Waals surface area contributed by atoms with Crippen molar-refractivity contribution in [3.63, 3.8) is 0 Å². The van der Waals surface area contributed by atoms with Crippen molar-refractivity contribution in [1.82, 2.24) is 0 Å². The van der Waals surface area contributed by atoms with Gasteiger partial charge in [0.15, 0.2) is 0 Å². The van der Waals surface area contributed by atoms with Crippen molar-refractivity contribution in [2.45, 2.75) is 57.5 Å². The molecule has 2 nitrogen and oxygen atoms in total. The molecule has 0 amide bonds. The monoisotopic (exact) mass is 257 g/mol. The van der Waals surface area contributed by atoms with Crippen LogP contribution < -0.4 is 0 Å². The first-order valence-corrected chi connectivity index (χ1v) is 7.24. The van der Waals surface area contributed by atoms with Crippen LogP contribution in [0.1, 0.15) is 51.2 Å². The van der Waals surface area contributed by atoms with Crippen LogP contribution in [0.2, 0.25) is 0 Å². The average Bonchev–Trinajstić information content (AvgIpc) is 2.45. The number of benzene rings is 1. The Balaban J connectivity index is 2.66. The quantitative estimate of drug-likeness (QED) is 0.899. The van der Waals surface area contributed by atoms with Crippen molar-refractivity contribution in [2.75, 3.05) is 0 Å². The van der Waals surface area contributed by atoms with Crippen LogP contribution in [0.5, 0.6) is 0 Å². The zero-order valence-electron chi connectivity index (χ0n) is 12.1. The molecule has 0 heterocycles. The fourth-order valence-corrected chi connectivity index (χ4v) is 3.70. The fraction of sp³-hybridized carbons (Fsp3) is 0.588. The van der Waals surface area contributed by atoms with Gasteiger partial charge in [0.2, 0.25) is 0 Å². The second kappa shape index (κ2) is 4.98. The van der Waals surface area contributed by atoms with Gasteiger partial charge in [-0.25, -0.2) is 0 Å². The SMILES string of the molecule is CCC(O)(C(C)C)C1(C#N)CCCc2ccccc21. The number of nitriles is 1. The summed E-state index contributed by atoms with van der Waals surface area (Å²) in [4.78, 5) is 0. The molecule has 2 heteroatoms. The molecule has 0 saturated carbocycles. The van der Waals surface area contributed by atoms with Crippen LogP contribution in [0, 0.1) is 17.2 Å². The first kappa shape index (κ1) is 14.1. The predicted octanol–water partition coefficient (Wildman–Crippen LogP) is 3.58. The Labute approximate surface area is 116 Å². The third-order valence-electron chi connectivity index (χ3n) is 4.90. The summed E-state index contributed by atoms with van der Waals surface area (Å²) in [6.45, 7) is 6.01. The number of nitrogens with zero attached hydrogens (tertiary/aromatic N) is 1. The summed E-state index contributed by atoms with van der Waals surface area (Å²) in [6.07, 6.45) is 3.34. The Morgan fingerprint density at radius 2 is 2.11 bits per heavy atom. The Hall–Kier alpha value is -1.33. The van der Waals surface area contributed by atoms with E-state index in [1.165, 1.54) is 5.56 Å². The van der Waals surface area contributed by atoms with Gasteiger partial charge in [-0.2, -0.15) is 5.26 Å². The van der Waals surface area contributed by atoms with Gasteiger partial charge in [0.1, 0.15) is 5.41 Å². The molecule has 0 radical (unpaired) electrons. The van der Waals surface area contributed by atoms with E-state index in [2.05, 4.69) is 12.1 Å². The molecule has 2 unspecified atom stereocenters. The van der Waals surface area contributed by atoms with E-state index in [1.54, 1.807) is 0 Å². The number of aryl methyl sites for hydroxylation is 1. The van der Waals surface area contributed by atoms with E-state index < -0.39 is 11.0 Å². The highest BCUT2D eigenvalue weighted by Gasteiger charge is 2.54. The number of aliphatic hydroxyl groups is 1. The van der Waals surface area contributed by atoms with Crippen LogP contribution in [0.3, 0.4) is 0 Å². The molecule has 0 saturated heterocycles. The Morgan fingerprint density at radius 3 is 2.68 bits per heavy atom. The zero-order chi connectivity index (χ0) is 14.1. The molecular weight excluding hydrogens is 234 g/mol. The molecule has 0 spiro atoms. The summed E-state index contributed by atoms with van der Waals surface area (Å²) < 4.78 is 0. The van der Waals surface area contributed by atoms with E-state index in [-0.39, 0.29) is 5.92 Å². The number of fused-ring (bicyclic) bond motifs is 1. The van der Waals surface area contributed by atoms with E-state index >= 15 is 0 Å². The van der Waals surface area contributed by atoms with Gasteiger partial charge in [-0.15, -0.1) is 0 Å². The van der Waals surface area contributed by atoms with E-state index in [1.807, 2.05) is 39.0 Å². The van der Waals surface area contributed by atoms with Gasteiger partial charge in [-0.05, 0) is 42.7 Å². The molecule has 19 heavy (non-hydrogen) atoms. The molecule has 1 aromatic carbocycles. The highest BCUT2D eigenvalue weighted by Crippen LogP contribution is 2.49. The van der Waals surface area contributed by atoms with Crippen LogP contribution in [-0.4, -0.2) is 10.7 Å². The minimum absolute atomic E-state index is 0.0586. The largest absolute Gasteiger partial charge is 0.388 e. The number of hydrogen-bond donors (Lipinski definition) is 1. The van der Waals surface area contributed by atoms with Gasteiger partial charge in [0.25, 0.3) is 0 Å². The molecule has 2 rings (SSSR count). The van der Waals surface area contributed by atoms with Crippen molar-refractivity contribution in [3.05, 3.63) is 35.4 Å². The summed E-state index contributed by atoms with van der Waals surface area (Å²) in [6, 6.07) is 10.6. The highest BCUT2D eigenvalue weighted by atomic mass is 16.3. The van der Waals surface area contributed by atoms with Crippen LogP contribution in [0.25, 0.3) is 0 Å². The lowest BCUT2D eigenvalue weighted by atomic mass is 9.57. The van der Waals surface area contributed by atoms with Gasteiger partial charge in [-0.1, -0.05) is 45.0 Å². The maximum atomic E-state index is 11.2. The van der Waals surface area contributed by atoms with Gasteiger partial charge in [0.05, 0.1) is 11.7 Å². The van der Waals surface area contributed by atoms with Crippen molar-refractivity contribution in [2.24, 2.45) is 5.92 Å². The van der Waals surface area contributed by atoms with Crippen LogP contribution >= 0.6 is 0 Å². The lowest BCUT2D eigenvalue weighted by Crippen LogP contribution is -2.55. The van der Waals surface area contributed by atoms with E-state index in [0.717, 1.165) is 24.8 Å². The third-order valence-corrected chi connectivity index (χ3v) is 4.90. The Kier molecular flexibility index (Phi) is 3.69. The number of hydrogen-bond acceptors (Lipinski definition) is 2. The Morgan fingerprint density at radius 1 is 1.42 bits per heavy atom. The molecule has 1 aliphatic carbocycles. The fourth-order valence-electron chi connectivity index (χ4n) is 3.70. The van der Waals surface area contributed by atoms with Crippen molar-refractivity contribution >= 4 is 0 Å². The van der Waals surface area contributed by atoms with Crippen LogP contribution in [-0.2, 0) is 11.8 Å². The van der Waals surface area contributed by atoms with Crippen LogP contribution in [0.15, 0.2) is 24.3 Å². The van der Waals surface area contributed by atoms with Crippen molar-refractivity contribution in [1.29, 1.82) is 5.26 Å². The highest BCUT2D eigenvalue weighted by molar-refractivity contribution is 5.45. The van der Waals surface area contributed by atoms with Crippen molar-refractivity contribution in [3.8, 4) is 6.07 Å². The van der Waals surface area contributed by atoms with Gasteiger partial charge < -0.3 is 5.11 Å². The zero-order valence-corrected chi connectivity index (χ0v) is 12.1. The smallest absolute Gasteiger partial charge is 0.111 e. The normalized spacial score (nSPS) is 25.5.